The maximum absolute atomic E-state index is 13.2. The third-order valence-corrected chi connectivity index (χ3v) is 2.02. The summed E-state index contributed by atoms with van der Waals surface area (Å²) < 4.78 is 18.5. The summed E-state index contributed by atoms with van der Waals surface area (Å²) in [5.74, 6) is -0.140. The van der Waals surface area contributed by atoms with Crippen LogP contribution in [0.5, 0.6) is 11.6 Å². The van der Waals surface area contributed by atoms with Crippen molar-refractivity contribution in [2.75, 3.05) is 0 Å². The van der Waals surface area contributed by atoms with Gasteiger partial charge in [-0.3, -0.25) is 0 Å². The van der Waals surface area contributed by atoms with Crippen LogP contribution in [0.1, 0.15) is 5.56 Å². The number of hydrogen-bond donors (Lipinski definition) is 1. The highest BCUT2D eigenvalue weighted by atomic mass is 19.1. The minimum Gasteiger partial charge on any atom is -0.436 e. The van der Waals surface area contributed by atoms with Crippen LogP contribution in [0.2, 0.25) is 0 Å². The maximum Gasteiger partial charge on any atom is 0.255 e. The van der Waals surface area contributed by atoms with Gasteiger partial charge in [-0.25, -0.2) is 9.37 Å². The standard InChI is InChI=1S/C12H10FNO2/c13-11-5-2-6-14-12(11)16-10-4-1-3-9(7-10)8-15/h1-7,15H,8H2. The molecule has 0 spiro atoms. The predicted molar refractivity (Wildman–Crippen MR) is 56.6 cm³/mol. The molecule has 16 heavy (non-hydrogen) atoms. The molecule has 82 valence electrons. The summed E-state index contributed by atoms with van der Waals surface area (Å²) in [5, 5.41) is 8.94. The first-order valence-electron chi connectivity index (χ1n) is 4.78. The number of rotatable bonds is 3. The molecule has 0 saturated heterocycles. The van der Waals surface area contributed by atoms with E-state index in [2.05, 4.69) is 4.98 Å². The Kier molecular flexibility index (Phi) is 3.12. The lowest BCUT2D eigenvalue weighted by atomic mass is 10.2. The van der Waals surface area contributed by atoms with Gasteiger partial charge in [-0.15, -0.1) is 0 Å². The third-order valence-electron chi connectivity index (χ3n) is 2.02. The SMILES string of the molecule is OCc1cccc(Oc2ncccc2F)c1. The number of ether oxygens (including phenoxy) is 1. The molecule has 1 heterocycles. The number of benzene rings is 1. The van der Waals surface area contributed by atoms with Crippen molar-refractivity contribution in [3.8, 4) is 11.6 Å². The van der Waals surface area contributed by atoms with Crippen LogP contribution in [-0.2, 0) is 6.61 Å². The molecule has 0 bridgehead atoms. The number of aliphatic hydroxyl groups excluding tert-OH is 1. The summed E-state index contributed by atoms with van der Waals surface area (Å²) in [6.07, 6.45) is 1.45. The van der Waals surface area contributed by atoms with Crippen LogP contribution >= 0.6 is 0 Å². The third kappa shape index (κ3) is 2.35. The molecule has 1 aromatic carbocycles. The number of aliphatic hydroxyl groups is 1. The van der Waals surface area contributed by atoms with Crippen molar-refractivity contribution in [3.05, 3.63) is 54.0 Å². The van der Waals surface area contributed by atoms with Crippen LogP contribution in [0, 0.1) is 5.82 Å². The monoisotopic (exact) mass is 219 g/mol. The lowest BCUT2D eigenvalue weighted by Gasteiger charge is -2.06. The van der Waals surface area contributed by atoms with Crippen LogP contribution < -0.4 is 4.74 Å². The zero-order chi connectivity index (χ0) is 11.4. The Hall–Kier alpha value is -1.94. The summed E-state index contributed by atoms with van der Waals surface area (Å²) in [5.41, 5.74) is 0.703. The van der Waals surface area contributed by atoms with Crippen molar-refractivity contribution in [2.45, 2.75) is 6.61 Å². The van der Waals surface area contributed by atoms with E-state index in [0.29, 0.717) is 11.3 Å². The van der Waals surface area contributed by atoms with Crippen molar-refractivity contribution in [3.63, 3.8) is 0 Å². The lowest BCUT2D eigenvalue weighted by Crippen LogP contribution is -1.92. The van der Waals surface area contributed by atoms with Crippen molar-refractivity contribution in [2.24, 2.45) is 0 Å². The van der Waals surface area contributed by atoms with E-state index in [4.69, 9.17) is 9.84 Å². The first-order valence-corrected chi connectivity index (χ1v) is 4.78. The summed E-state index contributed by atoms with van der Waals surface area (Å²) in [6, 6.07) is 9.55. The van der Waals surface area contributed by atoms with E-state index >= 15 is 0 Å². The van der Waals surface area contributed by atoms with Crippen molar-refractivity contribution < 1.29 is 14.2 Å². The van der Waals surface area contributed by atoms with Crippen LogP contribution in [-0.4, -0.2) is 10.1 Å². The van der Waals surface area contributed by atoms with Crippen molar-refractivity contribution >= 4 is 0 Å². The zero-order valence-corrected chi connectivity index (χ0v) is 8.43. The minimum absolute atomic E-state index is 0.0717. The molecule has 0 unspecified atom stereocenters. The van der Waals surface area contributed by atoms with E-state index in [-0.39, 0.29) is 12.5 Å². The van der Waals surface area contributed by atoms with E-state index in [1.54, 1.807) is 24.3 Å². The molecule has 0 atom stereocenters. The highest BCUT2D eigenvalue weighted by Crippen LogP contribution is 2.22. The van der Waals surface area contributed by atoms with Gasteiger partial charge in [0.25, 0.3) is 5.88 Å². The topological polar surface area (TPSA) is 42.4 Å². The maximum atomic E-state index is 13.2. The molecule has 0 aliphatic carbocycles. The van der Waals surface area contributed by atoms with Gasteiger partial charge in [0, 0.05) is 6.20 Å². The highest BCUT2D eigenvalue weighted by molar-refractivity contribution is 5.31. The Morgan fingerprint density at radius 2 is 2.12 bits per heavy atom. The molecule has 0 saturated carbocycles. The summed E-state index contributed by atoms with van der Waals surface area (Å²) >= 11 is 0. The van der Waals surface area contributed by atoms with Crippen LogP contribution in [0.4, 0.5) is 4.39 Å². The molecular formula is C12H10FNO2. The quantitative estimate of drug-likeness (QED) is 0.862. The van der Waals surface area contributed by atoms with Gasteiger partial charge in [-0.2, -0.15) is 0 Å². The average Bonchev–Trinajstić information content (AvgIpc) is 2.32. The summed E-state index contributed by atoms with van der Waals surface area (Å²) in [4.78, 5) is 3.77. The molecule has 0 amide bonds. The molecule has 2 rings (SSSR count). The van der Waals surface area contributed by atoms with E-state index in [9.17, 15) is 4.39 Å². The molecular weight excluding hydrogens is 209 g/mol. The van der Waals surface area contributed by atoms with Crippen molar-refractivity contribution in [1.29, 1.82) is 0 Å². The molecule has 4 heteroatoms. The van der Waals surface area contributed by atoms with Gasteiger partial charge in [-0.05, 0) is 29.8 Å². The second kappa shape index (κ2) is 4.72. The molecule has 0 radical (unpaired) electrons. The van der Waals surface area contributed by atoms with E-state index in [1.807, 2.05) is 0 Å². The number of pyridine rings is 1. The number of nitrogens with zero attached hydrogens (tertiary/aromatic N) is 1. The Balaban J connectivity index is 2.24. The predicted octanol–water partition coefficient (Wildman–Crippen LogP) is 2.51. The van der Waals surface area contributed by atoms with Gasteiger partial charge in [0.2, 0.25) is 0 Å². The van der Waals surface area contributed by atoms with E-state index in [0.717, 1.165) is 0 Å². The highest BCUT2D eigenvalue weighted by Gasteiger charge is 2.05. The molecule has 3 nitrogen and oxygen atoms in total. The molecule has 2 aromatic rings. The molecule has 1 N–H and O–H groups in total. The van der Waals surface area contributed by atoms with E-state index < -0.39 is 5.82 Å². The fourth-order valence-electron chi connectivity index (χ4n) is 1.27. The fraction of sp³-hybridized carbons (Fsp3) is 0.0833. The first-order chi connectivity index (χ1) is 7.79. The number of halogens is 1. The summed E-state index contributed by atoms with van der Waals surface area (Å²) in [7, 11) is 0. The van der Waals surface area contributed by atoms with Gasteiger partial charge in [0.1, 0.15) is 5.75 Å². The van der Waals surface area contributed by atoms with Gasteiger partial charge < -0.3 is 9.84 Å². The van der Waals surface area contributed by atoms with Gasteiger partial charge >= 0.3 is 0 Å². The second-order valence-electron chi connectivity index (χ2n) is 3.20. The summed E-state index contributed by atoms with van der Waals surface area (Å²) in [6.45, 7) is -0.0814. The fourth-order valence-corrected chi connectivity index (χ4v) is 1.27. The Bertz CT molecular complexity index is 488. The second-order valence-corrected chi connectivity index (χ2v) is 3.20. The zero-order valence-electron chi connectivity index (χ0n) is 8.43. The Morgan fingerprint density at radius 1 is 1.25 bits per heavy atom. The smallest absolute Gasteiger partial charge is 0.255 e. The minimum atomic E-state index is -0.517. The van der Waals surface area contributed by atoms with Gasteiger partial charge in [0.05, 0.1) is 6.61 Å². The lowest BCUT2D eigenvalue weighted by molar-refractivity contribution is 0.281. The number of hydrogen-bond acceptors (Lipinski definition) is 3. The average molecular weight is 219 g/mol. The largest absolute Gasteiger partial charge is 0.436 e. The van der Waals surface area contributed by atoms with E-state index in [1.165, 1.54) is 18.3 Å². The Morgan fingerprint density at radius 3 is 2.88 bits per heavy atom. The van der Waals surface area contributed by atoms with Gasteiger partial charge in [-0.1, -0.05) is 12.1 Å². The van der Waals surface area contributed by atoms with Crippen LogP contribution in [0.3, 0.4) is 0 Å². The molecule has 0 fully saturated rings. The molecule has 1 aromatic heterocycles. The Labute approximate surface area is 92.1 Å². The molecule has 0 aliphatic rings. The van der Waals surface area contributed by atoms with Gasteiger partial charge in [0.15, 0.2) is 5.82 Å². The molecule has 0 aliphatic heterocycles. The van der Waals surface area contributed by atoms with Crippen molar-refractivity contribution in [1.82, 2.24) is 4.98 Å². The first kappa shape index (κ1) is 10.6. The van der Waals surface area contributed by atoms with Crippen LogP contribution in [0.15, 0.2) is 42.6 Å². The normalized spacial score (nSPS) is 10.1. The number of aromatic nitrogens is 1. The van der Waals surface area contributed by atoms with Crippen LogP contribution in [0.25, 0.3) is 0 Å².